The third-order valence-corrected chi connectivity index (χ3v) is 3.80. The highest BCUT2D eigenvalue weighted by Crippen LogP contribution is 2.26. The predicted molar refractivity (Wildman–Crippen MR) is 78.5 cm³/mol. The fourth-order valence-electron chi connectivity index (χ4n) is 2.54. The zero-order valence-corrected chi connectivity index (χ0v) is 12.0. The van der Waals surface area contributed by atoms with Gasteiger partial charge in [-0.25, -0.2) is 0 Å². The molecule has 1 fully saturated rings. The SMILES string of the molecule is CC1CCCCC1OC(=O)CCOc1ccccc1N. The van der Waals surface area contributed by atoms with Gasteiger partial charge in [-0.15, -0.1) is 0 Å². The number of nitrogen functional groups attached to an aromatic ring is 1. The van der Waals surface area contributed by atoms with Crippen molar-refractivity contribution in [3.63, 3.8) is 0 Å². The number of para-hydroxylation sites is 2. The number of hydrogen-bond acceptors (Lipinski definition) is 4. The molecule has 4 heteroatoms. The largest absolute Gasteiger partial charge is 0.491 e. The van der Waals surface area contributed by atoms with E-state index < -0.39 is 0 Å². The Morgan fingerprint density at radius 2 is 2.05 bits per heavy atom. The van der Waals surface area contributed by atoms with Crippen molar-refractivity contribution in [3.05, 3.63) is 24.3 Å². The van der Waals surface area contributed by atoms with Crippen molar-refractivity contribution in [2.75, 3.05) is 12.3 Å². The fourth-order valence-corrected chi connectivity index (χ4v) is 2.54. The highest BCUT2D eigenvalue weighted by molar-refractivity contribution is 5.69. The van der Waals surface area contributed by atoms with Crippen LogP contribution in [-0.4, -0.2) is 18.7 Å². The summed E-state index contributed by atoms with van der Waals surface area (Å²) in [5.74, 6) is 0.906. The number of rotatable bonds is 5. The molecule has 2 unspecified atom stereocenters. The van der Waals surface area contributed by atoms with Crippen molar-refractivity contribution in [3.8, 4) is 5.75 Å². The van der Waals surface area contributed by atoms with Gasteiger partial charge in [0.2, 0.25) is 0 Å². The van der Waals surface area contributed by atoms with Crippen LogP contribution < -0.4 is 10.5 Å². The lowest BCUT2D eigenvalue weighted by molar-refractivity contribution is -0.153. The normalized spacial score (nSPS) is 22.2. The molecular weight excluding hydrogens is 254 g/mol. The van der Waals surface area contributed by atoms with E-state index in [0.717, 1.165) is 19.3 Å². The highest BCUT2D eigenvalue weighted by Gasteiger charge is 2.24. The molecule has 0 spiro atoms. The van der Waals surface area contributed by atoms with Crippen LogP contribution in [0, 0.1) is 5.92 Å². The van der Waals surface area contributed by atoms with Crippen molar-refractivity contribution < 1.29 is 14.3 Å². The van der Waals surface area contributed by atoms with E-state index in [1.807, 2.05) is 12.1 Å². The Hall–Kier alpha value is -1.71. The molecule has 1 aliphatic rings. The maximum absolute atomic E-state index is 11.8. The number of anilines is 1. The second-order valence-corrected chi connectivity index (χ2v) is 5.43. The van der Waals surface area contributed by atoms with Crippen LogP contribution in [0.3, 0.4) is 0 Å². The van der Waals surface area contributed by atoms with Gasteiger partial charge < -0.3 is 15.2 Å². The lowest BCUT2D eigenvalue weighted by Crippen LogP contribution is -2.28. The van der Waals surface area contributed by atoms with Gasteiger partial charge in [-0.2, -0.15) is 0 Å². The van der Waals surface area contributed by atoms with E-state index in [1.165, 1.54) is 6.42 Å². The third kappa shape index (κ3) is 4.15. The molecule has 0 bridgehead atoms. The topological polar surface area (TPSA) is 61.5 Å². The molecule has 2 atom stereocenters. The summed E-state index contributed by atoms with van der Waals surface area (Å²) >= 11 is 0. The first kappa shape index (κ1) is 14.7. The summed E-state index contributed by atoms with van der Waals surface area (Å²) in [4.78, 5) is 11.8. The maximum atomic E-state index is 11.8. The maximum Gasteiger partial charge on any atom is 0.309 e. The van der Waals surface area contributed by atoms with E-state index in [0.29, 0.717) is 24.0 Å². The summed E-state index contributed by atoms with van der Waals surface area (Å²) in [6, 6.07) is 7.27. The van der Waals surface area contributed by atoms with Gasteiger partial charge in [0.25, 0.3) is 0 Å². The molecule has 0 heterocycles. The Bertz CT molecular complexity index is 447. The van der Waals surface area contributed by atoms with Gasteiger partial charge in [0.15, 0.2) is 0 Å². The standard InChI is InChI=1S/C16H23NO3/c1-12-6-2-4-8-14(12)20-16(18)10-11-19-15-9-5-3-7-13(15)17/h3,5,7,9,12,14H,2,4,6,8,10-11,17H2,1H3. The summed E-state index contributed by atoms with van der Waals surface area (Å²) in [5, 5.41) is 0. The van der Waals surface area contributed by atoms with Crippen molar-refractivity contribution in [1.29, 1.82) is 0 Å². The van der Waals surface area contributed by atoms with Gasteiger partial charge in [0.1, 0.15) is 11.9 Å². The molecule has 1 saturated carbocycles. The van der Waals surface area contributed by atoms with Gasteiger partial charge in [0, 0.05) is 0 Å². The summed E-state index contributed by atoms with van der Waals surface area (Å²) in [6.07, 6.45) is 4.87. The van der Waals surface area contributed by atoms with E-state index in [1.54, 1.807) is 12.1 Å². The molecule has 20 heavy (non-hydrogen) atoms. The van der Waals surface area contributed by atoms with Gasteiger partial charge in [-0.05, 0) is 37.3 Å². The summed E-state index contributed by atoms with van der Waals surface area (Å²) < 4.78 is 11.0. The lowest BCUT2D eigenvalue weighted by atomic mass is 9.88. The molecule has 4 nitrogen and oxygen atoms in total. The van der Waals surface area contributed by atoms with Crippen molar-refractivity contribution in [2.45, 2.75) is 45.1 Å². The Morgan fingerprint density at radius 3 is 2.80 bits per heavy atom. The minimum atomic E-state index is -0.182. The van der Waals surface area contributed by atoms with Gasteiger partial charge >= 0.3 is 5.97 Å². The van der Waals surface area contributed by atoms with Gasteiger partial charge in [-0.3, -0.25) is 4.79 Å². The van der Waals surface area contributed by atoms with Crippen LogP contribution in [0.15, 0.2) is 24.3 Å². The first-order valence-electron chi connectivity index (χ1n) is 7.33. The first-order chi connectivity index (χ1) is 9.66. The van der Waals surface area contributed by atoms with Crippen LogP contribution >= 0.6 is 0 Å². The van der Waals surface area contributed by atoms with Crippen molar-refractivity contribution in [2.24, 2.45) is 5.92 Å². The molecule has 2 rings (SSSR count). The average Bonchev–Trinajstić information content (AvgIpc) is 2.43. The van der Waals surface area contributed by atoms with Crippen molar-refractivity contribution >= 4 is 11.7 Å². The van der Waals surface area contributed by atoms with Crippen LogP contribution in [-0.2, 0) is 9.53 Å². The number of ether oxygens (including phenoxy) is 2. The van der Waals surface area contributed by atoms with E-state index in [-0.39, 0.29) is 18.5 Å². The van der Waals surface area contributed by atoms with E-state index >= 15 is 0 Å². The highest BCUT2D eigenvalue weighted by atomic mass is 16.5. The monoisotopic (exact) mass is 277 g/mol. The number of carbonyl (C=O) groups is 1. The Kier molecular flexibility index (Phi) is 5.27. The van der Waals surface area contributed by atoms with Gasteiger partial charge in [-0.1, -0.05) is 25.5 Å². The van der Waals surface area contributed by atoms with Gasteiger partial charge in [0.05, 0.1) is 18.7 Å². The fraction of sp³-hybridized carbons (Fsp3) is 0.562. The molecule has 0 radical (unpaired) electrons. The molecule has 2 N–H and O–H groups in total. The first-order valence-corrected chi connectivity index (χ1v) is 7.33. The minimum Gasteiger partial charge on any atom is -0.491 e. The van der Waals surface area contributed by atoms with E-state index in [9.17, 15) is 4.79 Å². The lowest BCUT2D eigenvalue weighted by Gasteiger charge is -2.28. The molecule has 0 amide bonds. The molecule has 0 aromatic heterocycles. The average molecular weight is 277 g/mol. The molecule has 1 aromatic carbocycles. The number of benzene rings is 1. The third-order valence-electron chi connectivity index (χ3n) is 3.80. The number of carbonyl (C=O) groups excluding carboxylic acids is 1. The zero-order chi connectivity index (χ0) is 14.4. The summed E-state index contributed by atoms with van der Waals surface area (Å²) in [6.45, 7) is 2.45. The molecule has 1 aromatic rings. The summed E-state index contributed by atoms with van der Waals surface area (Å²) in [7, 11) is 0. The number of hydrogen-bond donors (Lipinski definition) is 1. The Labute approximate surface area is 120 Å². The molecular formula is C16H23NO3. The smallest absolute Gasteiger partial charge is 0.309 e. The molecule has 0 saturated heterocycles. The van der Waals surface area contributed by atoms with Crippen LogP contribution in [0.2, 0.25) is 0 Å². The molecule has 0 aliphatic heterocycles. The van der Waals surface area contributed by atoms with Crippen LogP contribution in [0.1, 0.15) is 39.0 Å². The second-order valence-electron chi connectivity index (χ2n) is 5.43. The van der Waals surface area contributed by atoms with E-state index in [2.05, 4.69) is 6.92 Å². The predicted octanol–water partition coefficient (Wildman–Crippen LogP) is 3.16. The van der Waals surface area contributed by atoms with Crippen LogP contribution in [0.25, 0.3) is 0 Å². The zero-order valence-electron chi connectivity index (χ0n) is 12.0. The van der Waals surface area contributed by atoms with Crippen LogP contribution in [0.5, 0.6) is 5.75 Å². The number of nitrogens with two attached hydrogens (primary N) is 1. The molecule has 1 aliphatic carbocycles. The summed E-state index contributed by atoms with van der Waals surface area (Å²) in [5.41, 5.74) is 6.35. The molecule has 110 valence electrons. The quantitative estimate of drug-likeness (QED) is 0.663. The Morgan fingerprint density at radius 1 is 1.30 bits per heavy atom. The van der Waals surface area contributed by atoms with Crippen molar-refractivity contribution in [1.82, 2.24) is 0 Å². The van der Waals surface area contributed by atoms with Crippen LogP contribution in [0.4, 0.5) is 5.69 Å². The second kappa shape index (κ2) is 7.17. The minimum absolute atomic E-state index is 0.0815. The number of esters is 1. The Balaban J connectivity index is 1.71. The van der Waals surface area contributed by atoms with E-state index in [4.69, 9.17) is 15.2 Å².